The summed E-state index contributed by atoms with van der Waals surface area (Å²) in [5.74, 6) is 1.34. The van der Waals surface area contributed by atoms with Gasteiger partial charge in [-0.05, 0) is 6.42 Å². The average Bonchev–Trinajstić information content (AvgIpc) is 1.59. The quantitative estimate of drug-likeness (QED) is 0.578. The van der Waals surface area contributed by atoms with Gasteiger partial charge in [0.15, 0.2) is 9.84 Å². The molecule has 0 aromatic rings. The van der Waals surface area contributed by atoms with E-state index in [2.05, 4.69) is 0 Å². The molecule has 0 rings (SSSR count). The minimum atomic E-state index is -2.81. The molecule has 0 aliphatic heterocycles. The summed E-state index contributed by atoms with van der Waals surface area (Å²) in [6, 6.07) is 0. The van der Waals surface area contributed by atoms with Gasteiger partial charge in [-0.3, -0.25) is 0 Å². The molecule has 0 aliphatic carbocycles. The third kappa shape index (κ3) is 5.95. The molecule has 0 unspecified atom stereocenters. The Bertz CT molecular complexity index is 135. The maximum Gasteiger partial charge on any atom is 0.151 e. The highest BCUT2D eigenvalue weighted by Gasteiger charge is 1.98. The molecule has 8 heavy (non-hydrogen) atoms. The fourth-order valence-corrected chi connectivity index (χ4v) is 0.996. The number of unbranched alkanes of at least 4 members (excludes halogenated alkanes) is 1. The topological polar surface area (TPSA) is 34.1 Å². The van der Waals surface area contributed by atoms with E-state index in [1.165, 1.54) is 12.0 Å². The van der Waals surface area contributed by atoms with E-state index in [0.717, 1.165) is 6.42 Å². The Kier molecular flexibility index (Phi) is 3.05. The van der Waals surface area contributed by atoms with Crippen LogP contribution in [-0.4, -0.2) is 14.7 Å². The summed E-state index contributed by atoms with van der Waals surface area (Å²) in [7, 11) is -2.81. The van der Waals surface area contributed by atoms with Gasteiger partial charge in [0.1, 0.15) is 0 Å². The maximum absolute atomic E-state index is 10.3. The monoisotopic (exact) mass is 135 g/mol. The lowest BCUT2D eigenvalue weighted by Gasteiger charge is -1.90. The van der Waals surface area contributed by atoms with Crippen LogP contribution in [-0.2, 0) is 9.84 Å². The molecule has 0 spiro atoms. The summed E-state index contributed by atoms with van der Waals surface area (Å²) in [5.41, 5.74) is 0. The Labute approximate surface area is 50.8 Å². The Morgan fingerprint density at radius 3 is 2.12 bits per heavy atom. The molecule has 0 aromatic heterocycles. The van der Waals surface area contributed by atoms with Crippen molar-refractivity contribution in [1.29, 1.82) is 0 Å². The van der Waals surface area contributed by atoms with E-state index in [0.29, 0.717) is 6.42 Å². The molecular weight excluding hydrogens is 124 g/mol. The highest BCUT2D eigenvalue weighted by atomic mass is 32.2. The van der Waals surface area contributed by atoms with Crippen LogP contribution >= 0.6 is 0 Å². The summed E-state index contributed by atoms with van der Waals surface area (Å²) < 4.78 is 20.7. The van der Waals surface area contributed by atoms with E-state index in [1.54, 1.807) is 0 Å². The van der Waals surface area contributed by atoms with Gasteiger partial charge in [-0.1, -0.05) is 13.3 Å². The van der Waals surface area contributed by atoms with Crippen LogP contribution in [0.5, 0.6) is 0 Å². The van der Waals surface area contributed by atoms with Crippen LogP contribution in [0, 0.1) is 5.75 Å². The Hall–Kier alpha value is -0.0500. The van der Waals surface area contributed by atoms with Crippen LogP contribution < -0.4 is 0 Å². The van der Waals surface area contributed by atoms with Crippen LogP contribution in [0.25, 0.3) is 0 Å². The van der Waals surface area contributed by atoms with Crippen LogP contribution in [0.15, 0.2) is 0 Å². The summed E-state index contributed by atoms with van der Waals surface area (Å²) in [5, 5.41) is 0. The second kappa shape index (κ2) is 3.07. The SMILES string of the molecule is CCC[CH]S(C)(=O)=O. The van der Waals surface area contributed by atoms with E-state index in [9.17, 15) is 8.42 Å². The summed E-state index contributed by atoms with van der Waals surface area (Å²) in [4.78, 5) is 0. The van der Waals surface area contributed by atoms with E-state index in [4.69, 9.17) is 0 Å². The van der Waals surface area contributed by atoms with E-state index >= 15 is 0 Å². The molecule has 0 saturated heterocycles. The third-order valence-corrected chi connectivity index (χ3v) is 1.55. The maximum atomic E-state index is 10.3. The summed E-state index contributed by atoms with van der Waals surface area (Å²) in [6.07, 6.45) is 2.77. The van der Waals surface area contributed by atoms with Gasteiger partial charge in [-0.25, -0.2) is 8.42 Å². The Morgan fingerprint density at radius 2 is 2.00 bits per heavy atom. The smallest absolute Gasteiger partial charge is 0.151 e. The van der Waals surface area contributed by atoms with Crippen molar-refractivity contribution in [2.24, 2.45) is 0 Å². The van der Waals surface area contributed by atoms with E-state index in [-0.39, 0.29) is 0 Å². The average molecular weight is 135 g/mol. The van der Waals surface area contributed by atoms with Crippen molar-refractivity contribution in [3.05, 3.63) is 5.75 Å². The van der Waals surface area contributed by atoms with Crippen LogP contribution in [0.2, 0.25) is 0 Å². The number of sulfone groups is 1. The third-order valence-electron chi connectivity index (χ3n) is 0.709. The van der Waals surface area contributed by atoms with Crippen LogP contribution in [0.3, 0.4) is 0 Å². The highest BCUT2D eigenvalue weighted by molar-refractivity contribution is 7.92. The second-order valence-corrected chi connectivity index (χ2v) is 3.78. The van der Waals surface area contributed by atoms with Crippen molar-refractivity contribution in [3.8, 4) is 0 Å². The number of hydrogen-bond donors (Lipinski definition) is 0. The van der Waals surface area contributed by atoms with Gasteiger partial charge in [0.2, 0.25) is 0 Å². The van der Waals surface area contributed by atoms with Gasteiger partial charge in [-0.15, -0.1) is 0 Å². The zero-order chi connectivity index (χ0) is 6.62. The van der Waals surface area contributed by atoms with Crippen LogP contribution in [0.1, 0.15) is 19.8 Å². The minimum Gasteiger partial charge on any atom is -0.229 e. The lowest BCUT2D eigenvalue weighted by Crippen LogP contribution is -1.94. The molecule has 0 N–H and O–H groups in total. The normalized spacial score (nSPS) is 11.8. The molecular formula is C5H11O2S. The first-order chi connectivity index (χ1) is 3.56. The number of rotatable bonds is 3. The number of hydrogen-bond acceptors (Lipinski definition) is 2. The van der Waals surface area contributed by atoms with Gasteiger partial charge in [-0.2, -0.15) is 0 Å². The molecule has 2 nitrogen and oxygen atoms in total. The molecule has 0 heterocycles. The van der Waals surface area contributed by atoms with E-state index in [1.807, 2.05) is 6.92 Å². The molecule has 0 aromatic carbocycles. The lowest BCUT2D eigenvalue weighted by molar-refractivity contribution is 0.604. The summed E-state index contributed by atoms with van der Waals surface area (Å²) in [6.45, 7) is 1.95. The molecule has 49 valence electrons. The second-order valence-electron chi connectivity index (χ2n) is 1.78. The predicted molar refractivity (Wildman–Crippen MR) is 34.1 cm³/mol. The van der Waals surface area contributed by atoms with Crippen molar-refractivity contribution in [2.75, 3.05) is 6.26 Å². The van der Waals surface area contributed by atoms with Crippen molar-refractivity contribution < 1.29 is 8.42 Å². The molecule has 3 heteroatoms. The zero-order valence-electron chi connectivity index (χ0n) is 5.22. The summed E-state index contributed by atoms with van der Waals surface area (Å²) >= 11 is 0. The molecule has 0 aliphatic rings. The van der Waals surface area contributed by atoms with Crippen molar-refractivity contribution in [1.82, 2.24) is 0 Å². The van der Waals surface area contributed by atoms with Gasteiger partial charge in [0, 0.05) is 6.26 Å². The van der Waals surface area contributed by atoms with Crippen molar-refractivity contribution in [2.45, 2.75) is 19.8 Å². The molecule has 0 atom stereocenters. The largest absolute Gasteiger partial charge is 0.229 e. The van der Waals surface area contributed by atoms with E-state index < -0.39 is 9.84 Å². The lowest BCUT2D eigenvalue weighted by atomic mass is 10.4. The minimum absolute atomic E-state index is 0.666. The molecule has 0 amide bonds. The molecule has 0 fully saturated rings. The predicted octanol–water partition coefficient (Wildman–Crippen LogP) is 0.993. The van der Waals surface area contributed by atoms with Gasteiger partial charge in [0.25, 0.3) is 0 Å². The van der Waals surface area contributed by atoms with Gasteiger partial charge < -0.3 is 0 Å². The van der Waals surface area contributed by atoms with Crippen LogP contribution in [0.4, 0.5) is 0 Å². The first kappa shape index (κ1) is 7.95. The molecule has 0 bridgehead atoms. The Morgan fingerprint density at radius 1 is 1.50 bits per heavy atom. The van der Waals surface area contributed by atoms with Crippen molar-refractivity contribution >= 4 is 9.84 Å². The fourth-order valence-electron chi connectivity index (χ4n) is 0.332. The first-order valence-corrected chi connectivity index (χ1v) is 4.55. The zero-order valence-corrected chi connectivity index (χ0v) is 6.03. The Balaban J connectivity index is 3.42. The van der Waals surface area contributed by atoms with Gasteiger partial charge >= 0.3 is 0 Å². The fraction of sp³-hybridized carbons (Fsp3) is 0.800. The van der Waals surface area contributed by atoms with Crippen molar-refractivity contribution in [3.63, 3.8) is 0 Å². The molecule has 0 saturated carbocycles. The molecule has 1 radical (unpaired) electrons. The van der Waals surface area contributed by atoms with Gasteiger partial charge in [0.05, 0.1) is 5.75 Å². The first-order valence-electron chi connectivity index (χ1n) is 2.59. The standard InChI is InChI=1S/C5H11O2S/c1-3-4-5-8(2,6)7/h5H,3-4H2,1-2H3. The highest BCUT2D eigenvalue weighted by Crippen LogP contribution is 1.97.